The van der Waals surface area contributed by atoms with Crippen molar-refractivity contribution in [3.8, 4) is 0 Å². The third kappa shape index (κ3) is 5.78. The summed E-state index contributed by atoms with van der Waals surface area (Å²) in [5, 5.41) is 2.96. The summed E-state index contributed by atoms with van der Waals surface area (Å²) in [7, 11) is 0. The molecule has 0 bridgehead atoms. The number of hydrogen-bond donors (Lipinski definition) is 2. The monoisotopic (exact) mass is 391 g/mol. The van der Waals surface area contributed by atoms with E-state index in [4.69, 9.17) is 10.2 Å². The van der Waals surface area contributed by atoms with Crippen molar-refractivity contribution in [2.45, 2.75) is 38.6 Å². The predicted octanol–water partition coefficient (Wildman–Crippen LogP) is 4.67. The second-order valence-electron chi connectivity index (χ2n) is 7.73. The zero-order chi connectivity index (χ0) is 20.6. The molecular weight excluding hydrogens is 362 g/mol. The molecule has 3 N–H and O–H groups in total. The van der Waals surface area contributed by atoms with Crippen molar-refractivity contribution in [1.82, 2.24) is 10.3 Å². The minimum Gasteiger partial charge on any atom is -0.446 e. The number of carbonyl (C=O) groups excluding carboxylic acids is 1. The van der Waals surface area contributed by atoms with E-state index in [-0.39, 0.29) is 23.6 Å². The second-order valence-corrected chi connectivity index (χ2v) is 7.73. The number of benzene rings is 2. The van der Waals surface area contributed by atoms with E-state index in [0.29, 0.717) is 18.4 Å². The first-order chi connectivity index (χ1) is 14.0. The van der Waals surface area contributed by atoms with Crippen LogP contribution in [0.3, 0.4) is 0 Å². The Morgan fingerprint density at radius 2 is 1.62 bits per heavy atom. The van der Waals surface area contributed by atoms with Gasteiger partial charge in [0, 0.05) is 12.5 Å². The first-order valence-corrected chi connectivity index (χ1v) is 10.1. The molecule has 1 atom stereocenters. The molecule has 1 unspecified atom stereocenters. The summed E-state index contributed by atoms with van der Waals surface area (Å²) in [6.45, 7) is 4.71. The van der Waals surface area contributed by atoms with Crippen LogP contribution in [-0.2, 0) is 0 Å². The summed E-state index contributed by atoms with van der Waals surface area (Å²) in [5.74, 6) is 0.819. The number of carbonyl (C=O) groups is 1. The van der Waals surface area contributed by atoms with Gasteiger partial charge in [0.05, 0.1) is 6.04 Å². The fourth-order valence-electron chi connectivity index (χ4n) is 3.49. The highest BCUT2D eigenvalue weighted by atomic mass is 16.3. The molecule has 0 aliphatic heterocycles. The Labute approximate surface area is 172 Å². The van der Waals surface area contributed by atoms with Crippen LogP contribution in [0.4, 0.5) is 0 Å². The van der Waals surface area contributed by atoms with Gasteiger partial charge in [0.2, 0.25) is 5.89 Å². The van der Waals surface area contributed by atoms with Crippen molar-refractivity contribution in [2.24, 2.45) is 11.7 Å². The van der Waals surface area contributed by atoms with Crippen LogP contribution in [0.25, 0.3) is 0 Å². The second kappa shape index (κ2) is 10.0. The lowest BCUT2D eigenvalue weighted by atomic mass is 9.88. The zero-order valence-electron chi connectivity index (χ0n) is 17.0. The van der Waals surface area contributed by atoms with Crippen LogP contribution in [0.5, 0.6) is 0 Å². The zero-order valence-corrected chi connectivity index (χ0v) is 17.0. The summed E-state index contributed by atoms with van der Waals surface area (Å²) < 4.78 is 5.42. The van der Waals surface area contributed by atoms with E-state index in [2.05, 4.69) is 48.4 Å². The fourth-order valence-corrected chi connectivity index (χ4v) is 3.49. The Kier molecular flexibility index (Phi) is 7.19. The molecule has 0 spiro atoms. The molecule has 1 heterocycles. The topological polar surface area (TPSA) is 81.1 Å². The Bertz CT molecular complexity index is 851. The summed E-state index contributed by atoms with van der Waals surface area (Å²) in [5.41, 5.74) is 8.83. The van der Waals surface area contributed by atoms with Crippen molar-refractivity contribution in [2.75, 3.05) is 6.54 Å². The lowest BCUT2D eigenvalue weighted by Crippen LogP contribution is -2.26. The van der Waals surface area contributed by atoms with E-state index in [9.17, 15) is 4.79 Å². The minimum absolute atomic E-state index is 0.213. The third-order valence-corrected chi connectivity index (χ3v) is 4.92. The van der Waals surface area contributed by atoms with E-state index >= 15 is 0 Å². The molecule has 0 saturated carbocycles. The van der Waals surface area contributed by atoms with Gasteiger partial charge in [-0.2, -0.15) is 0 Å². The van der Waals surface area contributed by atoms with Gasteiger partial charge in [0.15, 0.2) is 5.69 Å². The maximum atomic E-state index is 12.5. The van der Waals surface area contributed by atoms with Crippen molar-refractivity contribution in [3.05, 3.63) is 89.6 Å². The first kappa shape index (κ1) is 20.8. The molecule has 0 saturated heterocycles. The molecule has 5 heteroatoms. The number of amides is 1. The fraction of sp³-hybridized carbons (Fsp3) is 0.333. The van der Waals surface area contributed by atoms with Gasteiger partial charge < -0.3 is 15.5 Å². The summed E-state index contributed by atoms with van der Waals surface area (Å²) in [6, 6.07) is 20.4. The van der Waals surface area contributed by atoms with Crippen molar-refractivity contribution >= 4 is 5.91 Å². The van der Waals surface area contributed by atoms with Crippen LogP contribution in [0, 0.1) is 5.92 Å². The highest BCUT2D eigenvalue weighted by Gasteiger charge is 2.19. The lowest BCUT2D eigenvalue weighted by Gasteiger charge is -2.18. The summed E-state index contributed by atoms with van der Waals surface area (Å²) in [4.78, 5) is 16.8. The number of rotatable bonds is 9. The van der Waals surface area contributed by atoms with E-state index < -0.39 is 0 Å². The number of hydrogen-bond acceptors (Lipinski definition) is 4. The molecule has 1 aromatic heterocycles. The smallest absolute Gasteiger partial charge is 0.273 e. The minimum atomic E-state index is -0.294. The van der Waals surface area contributed by atoms with Crippen LogP contribution in [0.1, 0.15) is 66.2 Å². The molecule has 2 aromatic carbocycles. The van der Waals surface area contributed by atoms with Crippen molar-refractivity contribution < 1.29 is 9.21 Å². The van der Waals surface area contributed by atoms with E-state index in [1.165, 1.54) is 17.4 Å². The Morgan fingerprint density at radius 3 is 2.17 bits per heavy atom. The van der Waals surface area contributed by atoms with Gasteiger partial charge >= 0.3 is 0 Å². The molecule has 152 valence electrons. The normalized spacial score (nSPS) is 12.3. The Morgan fingerprint density at radius 1 is 1.03 bits per heavy atom. The van der Waals surface area contributed by atoms with Crippen LogP contribution in [0.15, 0.2) is 71.3 Å². The molecule has 3 rings (SSSR count). The molecule has 0 aliphatic carbocycles. The van der Waals surface area contributed by atoms with Crippen LogP contribution in [-0.4, -0.2) is 17.4 Å². The predicted molar refractivity (Wildman–Crippen MR) is 115 cm³/mol. The van der Waals surface area contributed by atoms with Crippen LogP contribution in [0.2, 0.25) is 0 Å². The molecule has 5 nitrogen and oxygen atoms in total. The van der Waals surface area contributed by atoms with Gasteiger partial charge in [-0.15, -0.1) is 0 Å². The van der Waals surface area contributed by atoms with Gasteiger partial charge in [-0.25, -0.2) is 4.98 Å². The Balaban J connectivity index is 1.61. The van der Waals surface area contributed by atoms with Gasteiger partial charge in [-0.05, 0) is 29.9 Å². The van der Waals surface area contributed by atoms with E-state index in [0.717, 1.165) is 12.8 Å². The largest absolute Gasteiger partial charge is 0.446 e. The summed E-state index contributed by atoms with van der Waals surface area (Å²) in [6.07, 6.45) is 2.94. The Hall–Kier alpha value is -2.92. The molecule has 1 amide bonds. The van der Waals surface area contributed by atoms with Gasteiger partial charge in [0.1, 0.15) is 6.26 Å². The highest BCUT2D eigenvalue weighted by Crippen LogP contribution is 2.27. The molecule has 29 heavy (non-hydrogen) atoms. The maximum absolute atomic E-state index is 12.5. The standard InChI is InChI=1S/C24H29N3O2/c1-17(2)15-21(25)24-27-22(16-29-24)23(28)26-14-13-20(18-9-5-3-6-10-18)19-11-7-4-8-12-19/h3-12,16-17,20-21H,13-15,25H2,1-2H3,(H,26,28). The van der Waals surface area contributed by atoms with E-state index in [1.807, 2.05) is 36.4 Å². The van der Waals surface area contributed by atoms with Gasteiger partial charge in [0.25, 0.3) is 5.91 Å². The van der Waals surface area contributed by atoms with Gasteiger partial charge in [-0.3, -0.25) is 4.79 Å². The van der Waals surface area contributed by atoms with Gasteiger partial charge in [-0.1, -0.05) is 74.5 Å². The number of oxazole rings is 1. The average Bonchev–Trinajstić information content (AvgIpc) is 3.22. The first-order valence-electron chi connectivity index (χ1n) is 10.1. The molecule has 0 aliphatic rings. The average molecular weight is 392 g/mol. The number of nitrogens with one attached hydrogen (secondary N) is 1. The lowest BCUT2D eigenvalue weighted by molar-refractivity contribution is 0.0947. The molecule has 0 fully saturated rings. The number of nitrogens with two attached hydrogens (primary N) is 1. The SMILES string of the molecule is CC(C)CC(N)c1nc(C(=O)NCCC(c2ccccc2)c2ccccc2)co1. The van der Waals surface area contributed by atoms with Crippen molar-refractivity contribution in [3.63, 3.8) is 0 Å². The van der Waals surface area contributed by atoms with Crippen molar-refractivity contribution in [1.29, 1.82) is 0 Å². The van der Waals surface area contributed by atoms with Crippen LogP contribution >= 0.6 is 0 Å². The number of nitrogens with zero attached hydrogens (tertiary/aromatic N) is 1. The maximum Gasteiger partial charge on any atom is 0.273 e. The van der Waals surface area contributed by atoms with E-state index in [1.54, 1.807) is 0 Å². The molecular formula is C24H29N3O2. The highest BCUT2D eigenvalue weighted by molar-refractivity contribution is 5.91. The molecule has 3 aromatic rings. The third-order valence-electron chi connectivity index (χ3n) is 4.92. The molecule has 0 radical (unpaired) electrons. The number of aromatic nitrogens is 1. The summed E-state index contributed by atoms with van der Waals surface area (Å²) >= 11 is 0. The quantitative estimate of drug-likeness (QED) is 0.555. The van der Waals surface area contributed by atoms with Crippen LogP contribution < -0.4 is 11.1 Å².